The number of methoxy groups -OCH3 is 1. The van der Waals surface area contributed by atoms with Crippen LogP contribution in [0, 0.1) is 0 Å². The van der Waals surface area contributed by atoms with E-state index >= 15 is 0 Å². The van der Waals surface area contributed by atoms with E-state index in [9.17, 15) is 9.90 Å². The minimum Gasteiger partial charge on any atom is -0.507 e. The van der Waals surface area contributed by atoms with Crippen LogP contribution in [0.2, 0.25) is 0 Å². The maximum atomic E-state index is 10.8. The average Bonchev–Trinajstić information content (AvgIpc) is 2.27. The van der Waals surface area contributed by atoms with Gasteiger partial charge in [0.05, 0.1) is 19.8 Å². The van der Waals surface area contributed by atoms with Crippen LogP contribution in [-0.4, -0.2) is 35.0 Å². The summed E-state index contributed by atoms with van der Waals surface area (Å²) in [5, 5.41) is 27.1. The largest absolute Gasteiger partial charge is 0.507 e. The Morgan fingerprint density at radius 3 is 2.62 bits per heavy atom. The quantitative estimate of drug-likeness (QED) is 0.579. The predicted molar refractivity (Wildman–Crippen MR) is 55.6 cm³/mol. The molecule has 0 aliphatic heterocycles. The van der Waals surface area contributed by atoms with Crippen molar-refractivity contribution in [3.8, 4) is 11.5 Å². The number of aliphatic hydroxyl groups is 1. The van der Waals surface area contributed by atoms with E-state index in [1.54, 1.807) is 0 Å². The van der Waals surface area contributed by atoms with Gasteiger partial charge in [0, 0.05) is 11.6 Å². The van der Waals surface area contributed by atoms with E-state index in [4.69, 9.17) is 20.7 Å². The predicted octanol–water partition coefficient (Wildman–Crippen LogP) is 0.0911. The van der Waals surface area contributed by atoms with E-state index in [2.05, 4.69) is 0 Å². The van der Waals surface area contributed by atoms with Crippen molar-refractivity contribution in [2.45, 2.75) is 6.04 Å². The fourth-order valence-electron chi connectivity index (χ4n) is 1.32. The van der Waals surface area contributed by atoms with Gasteiger partial charge in [-0.25, -0.2) is 4.79 Å². The Hall–Kier alpha value is -1.79. The molecule has 1 rings (SSSR count). The molecule has 1 aromatic rings. The van der Waals surface area contributed by atoms with Crippen molar-refractivity contribution in [3.63, 3.8) is 0 Å². The maximum absolute atomic E-state index is 10.8. The highest BCUT2D eigenvalue weighted by molar-refractivity contribution is 5.91. The normalized spacial score (nSPS) is 12.2. The third-order valence-electron chi connectivity index (χ3n) is 2.17. The van der Waals surface area contributed by atoms with Crippen molar-refractivity contribution in [2.75, 3.05) is 13.7 Å². The zero-order valence-electron chi connectivity index (χ0n) is 8.67. The number of hydrogen-bond acceptors (Lipinski definition) is 5. The number of carboxylic acid groups (broad SMARTS) is 1. The highest BCUT2D eigenvalue weighted by atomic mass is 16.5. The smallest absolute Gasteiger partial charge is 0.339 e. The second-order valence-corrected chi connectivity index (χ2v) is 3.21. The van der Waals surface area contributed by atoms with Crippen LogP contribution < -0.4 is 10.5 Å². The SMILES string of the molecule is COc1cc(O)c(C(=O)O)cc1C(N)CO. The van der Waals surface area contributed by atoms with Crippen LogP contribution in [0.25, 0.3) is 0 Å². The topological polar surface area (TPSA) is 113 Å². The molecule has 0 amide bonds. The number of phenols is 1. The van der Waals surface area contributed by atoms with Crippen molar-refractivity contribution in [2.24, 2.45) is 5.73 Å². The zero-order chi connectivity index (χ0) is 12.3. The summed E-state index contributed by atoms with van der Waals surface area (Å²) in [5.41, 5.74) is 5.64. The fraction of sp³-hybridized carbons (Fsp3) is 0.300. The van der Waals surface area contributed by atoms with Crippen molar-refractivity contribution in [1.82, 2.24) is 0 Å². The molecule has 0 saturated heterocycles. The number of nitrogens with two attached hydrogens (primary N) is 1. The van der Waals surface area contributed by atoms with Crippen molar-refractivity contribution in [1.29, 1.82) is 0 Å². The zero-order valence-corrected chi connectivity index (χ0v) is 8.67. The molecule has 6 nitrogen and oxygen atoms in total. The van der Waals surface area contributed by atoms with Gasteiger partial charge in [-0.2, -0.15) is 0 Å². The molecule has 16 heavy (non-hydrogen) atoms. The van der Waals surface area contributed by atoms with Gasteiger partial charge in [-0.05, 0) is 6.07 Å². The number of hydrogen-bond donors (Lipinski definition) is 4. The van der Waals surface area contributed by atoms with Crippen molar-refractivity contribution in [3.05, 3.63) is 23.3 Å². The molecule has 0 saturated carbocycles. The second kappa shape index (κ2) is 4.82. The lowest BCUT2D eigenvalue weighted by atomic mass is 10.0. The Labute approximate surface area is 91.9 Å². The van der Waals surface area contributed by atoms with Gasteiger partial charge in [0.15, 0.2) is 0 Å². The summed E-state index contributed by atoms with van der Waals surface area (Å²) >= 11 is 0. The molecule has 5 N–H and O–H groups in total. The first-order valence-corrected chi connectivity index (χ1v) is 4.51. The molecule has 1 aromatic carbocycles. The van der Waals surface area contributed by atoms with E-state index in [0.29, 0.717) is 5.56 Å². The number of ether oxygens (including phenoxy) is 1. The number of carbonyl (C=O) groups is 1. The summed E-state index contributed by atoms with van der Waals surface area (Å²) in [6.45, 7) is -0.347. The molecule has 0 aliphatic carbocycles. The van der Waals surface area contributed by atoms with Crippen LogP contribution >= 0.6 is 0 Å². The molecule has 0 aromatic heterocycles. The van der Waals surface area contributed by atoms with Gasteiger partial charge < -0.3 is 25.8 Å². The second-order valence-electron chi connectivity index (χ2n) is 3.21. The molecular formula is C10H13NO5. The van der Waals surface area contributed by atoms with Crippen molar-refractivity contribution >= 4 is 5.97 Å². The molecule has 0 bridgehead atoms. The monoisotopic (exact) mass is 227 g/mol. The first-order valence-electron chi connectivity index (χ1n) is 4.51. The molecule has 88 valence electrons. The lowest BCUT2D eigenvalue weighted by molar-refractivity contribution is 0.0693. The molecular weight excluding hydrogens is 214 g/mol. The van der Waals surface area contributed by atoms with Crippen LogP contribution in [0.5, 0.6) is 11.5 Å². The lowest BCUT2D eigenvalue weighted by Gasteiger charge is -2.15. The summed E-state index contributed by atoms with van der Waals surface area (Å²) in [6, 6.07) is 1.60. The average molecular weight is 227 g/mol. The summed E-state index contributed by atoms with van der Waals surface area (Å²) in [7, 11) is 1.36. The summed E-state index contributed by atoms with van der Waals surface area (Å²) in [4.78, 5) is 10.8. The first kappa shape index (κ1) is 12.3. The number of aliphatic hydroxyl groups excluding tert-OH is 1. The molecule has 0 heterocycles. The highest BCUT2D eigenvalue weighted by Gasteiger charge is 2.18. The molecule has 1 unspecified atom stereocenters. The van der Waals surface area contributed by atoms with Crippen molar-refractivity contribution < 1.29 is 24.9 Å². The minimum absolute atomic E-state index is 0.240. The standard InChI is InChI=1S/C10H13NO5/c1-16-9-3-8(13)6(10(14)15)2-5(9)7(11)4-12/h2-3,7,12-13H,4,11H2,1H3,(H,14,15). The van der Waals surface area contributed by atoms with Gasteiger partial charge in [0.2, 0.25) is 0 Å². The van der Waals surface area contributed by atoms with Crippen LogP contribution in [0.15, 0.2) is 12.1 Å². The van der Waals surface area contributed by atoms with Gasteiger partial charge in [-0.1, -0.05) is 0 Å². The maximum Gasteiger partial charge on any atom is 0.339 e. The Balaban J connectivity index is 3.34. The number of rotatable bonds is 4. The van der Waals surface area contributed by atoms with Gasteiger partial charge in [-0.3, -0.25) is 0 Å². The molecule has 0 fully saturated rings. The fourth-order valence-corrected chi connectivity index (χ4v) is 1.32. The molecule has 1 atom stereocenters. The first-order chi connectivity index (χ1) is 7.51. The van der Waals surface area contributed by atoms with E-state index in [1.807, 2.05) is 0 Å². The van der Waals surface area contributed by atoms with Gasteiger partial charge in [0.25, 0.3) is 0 Å². The number of carboxylic acids is 1. The Morgan fingerprint density at radius 1 is 1.56 bits per heavy atom. The van der Waals surface area contributed by atoms with E-state index in [1.165, 1.54) is 13.2 Å². The lowest BCUT2D eigenvalue weighted by Crippen LogP contribution is -2.16. The summed E-state index contributed by atoms with van der Waals surface area (Å²) in [6.07, 6.45) is 0. The highest BCUT2D eigenvalue weighted by Crippen LogP contribution is 2.31. The molecule has 0 spiro atoms. The number of aromatic hydroxyl groups is 1. The Morgan fingerprint density at radius 2 is 2.19 bits per heavy atom. The summed E-state index contributed by atoms with van der Waals surface area (Å²) < 4.78 is 4.94. The minimum atomic E-state index is -1.27. The molecule has 0 aliphatic rings. The van der Waals surface area contributed by atoms with Gasteiger partial charge in [-0.15, -0.1) is 0 Å². The number of benzene rings is 1. The van der Waals surface area contributed by atoms with E-state index < -0.39 is 17.8 Å². The third-order valence-corrected chi connectivity index (χ3v) is 2.17. The number of aromatic carboxylic acids is 1. The third kappa shape index (κ3) is 2.23. The molecule has 6 heteroatoms. The Bertz CT molecular complexity index is 404. The van der Waals surface area contributed by atoms with Crippen LogP contribution in [0.3, 0.4) is 0 Å². The summed E-state index contributed by atoms with van der Waals surface area (Å²) in [5.74, 6) is -1.44. The van der Waals surface area contributed by atoms with Crippen LogP contribution in [0.1, 0.15) is 22.0 Å². The van der Waals surface area contributed by atoms with Gasteiger partial charge >= 0.3 is 5.97 Å². The van der Waals surface area contributed by atoms with E-state index in [0.717, 1.165) is 6.07 Å². The van der Waals surface area contributed by atoms with E-state index in [-0.39, 0.29) is 17.9 Å². The molecule has 0 radical (unpaired) electrons. The Kier molecular flexibility index (Phi) is 3.70. The van der Waals surface area contributed by atoms with Crippen LogP contribution in [-0.2, 0) is 0 Å². The van der Waals surface area contributed by atoms with Crippen LogP contribution in [0.4, 0.5) is 0 Å². The van der Waals surface area contributed by atoms with Gasteiger partial charge in [0.1, 0.15) is 17.1 Å².